The molecule has 3 heteroatoms. The first-order valence-corrected chi connectivity index (χ1v) is 8.60. The number of likely N-dealkylation sites (tertiary alicyclic amines) is 2. The first-order chi connectivity index (χ1) is 11.2. The van der Waals surface area contributed by atoms with Gasteiger partial charge in [-0.2, -0.15) is 0 Å². The fraction of sp³-hybridized carbons (Fsp3) is 0.450. The van der Waals surface area contributed by atoms with Crippen LogP contribution in [0.4, 0.5) is 0 Å². The van der Waals surface area contributed by atoms with Crippen molar-refractivity contribution in [3.8, 4) is 0 Å². The predicted octanol–water partition coefficient (Wildman–Crippen LogP) is 3.12. The molecule has 4 rings (SSSR count). The van der Waals surface area contributed by atoms with Crippen molar-refractivity contribution in [2.24, 2.45) is 11.8 Å². The van der Waals surface area contributed by atoms with Gasteiger partial charge in [0.05, 0.1) is 5.69 Å². The van der Waals surface area contributed by atoms with E-state index in [0.717, 1.165) is 18.4 Å². The Kier molecular flexibility index (Phi) is 3.92. The molecule has 0 spiro atoms. The molecule has 2 saturated heterocycles. The lowest BCUT2D eigenvalue weighted by Gasteiger charge is -2.28. The molecule has 2 aliphatic heterocycles. The minimum absolute atomic E-state index is 0.565. The van der Waals surface area contributed by atoms with Crippen LogP contribution >= 0.6 is 0 Å². The molecule has 3 heterocycles. The van der Waals surface area contributed by atoms with Crippen molar-refractivity contribution in [3.63, 3.8) is 0 Å². The minimum atomic E-state index is 0.565. The molecule has 3 nitrogen and oxygen atoms in total. The molecule has 1 aromatic heterocycles. The van der Waals surface area contributed by atoms with Crippen molar-refractivity contribution in [2.75, 3.05) is 26.7 Å². The van der Waals surface area contributed by atoms with Crippen molar-refractivity contribution in [2.45, 2.75) is 19.5 Å². The van der Waals surface area contributed by atoms with E-state index in [4.69, 9.17) is 0 Å². The van der Waals surface area contributed by atoms with Gasteiger partial charge in [0.2, 0.25) is 0 Å². The molecule has 0 aliphatic carbocycles. The Balaban J connectivity index is 1.52. The van der Waals surface area contributed by atoms with Gasteiger partial charge in [-0.05, 0) is 49.1 Å². The van der Waals surface area contributed by atoms with Gasteiger partial charge in [0.1, 0.15) is 0 Å². The molecule has 23 heavy (non-hydrogen) atoms. The Morgan fingerprint density at radius 3 is 2.65 bits per heavy atom. The zero-order valence-electron chi connectivity index (χ0n) is 14.0. The van der Waals surface area contributed by atoms with Crippen LogP contribution in [0.2, 0.25) is 0 Å². The second kappa shape index (κ2) is 6.06. The van der Waals surface area contributed by atoms with Gasteiger partial charge in [-0.25, -0.2) is 0 Å². The Morgan fingerprint density at radius 2 is 1.87 bits per heavy atom. The van der Waals surface area contributed by atoms with Gasteiger partial charge in [-0.1, -0.05) is 30.3 Å². The Morgan fingerprint density at radius 1 is 1.04 bits per heavy atom. The van der Waals surface area contributed by atoms with Gasteiger partial charge < -0.3 is 0 Å². The highest BCUT2D eigenvalue weighted by atomic mass is 15.2. The van der Waals surface area contributed by atoms with Gasteiger partial charge in [-0.15, -0.1) is 0 Å². The standard InChI is InChI=1S/C20H25N3/c1-15-7-3-4-9-18(15)20-19-14-23(12-16(19)11-22(20)2)13-17-8-5-6-10-21-17/h3-10,16,19-20H,11-14H2,1-2H3/t16-,19+,20+/m0/s1. The number of rotatable bonds is 3. The molecule has 2 fully saturated rings. The van der Waals surface area contributed by atoms with Crippen LogP contribution in [0.15, 0.2) is 48.7 Å². The van der Waals surface area contributed by atoms with Crippen molar-refractivity contribution < 1.29 is 0 Å². The summed E-state index contributed by atoms with van der Waals surface area (Å²) in [7, 11) is 2.29. The summed E-state index contributed by atoms with van der Waals surface area (Å²) in [4.78, 5) is 9.65. The molecular formula is C20H25N3. The second-order valence-electron chi connectivity index (χ2n) is 7.18. The quantitative estimate of drug-likeness (QED) is 0.868. The molecule has 0 radical (unpaired) electrons. The summed E-state index contributed by atoms with van der Waals surface area (Å²) >= 11 is 0. The monoisotopic (exact) mass is 307 g/mol. The first-order valence-electron chi connectivity index (χ1n) is 8.60. The third kappa shape index (κ3) is 2.79. The van der Waals surface area contributed by atoms with Crippen molar-refractivity contribution >= 4 is 0 Å². The average Bonchev–Trinajstić information content (AvgIpc) is 3.05. The number of hydrogen-bond acceptors (Lipinski definition) is 3. The maximum Gasteiger partial charge on any atom is 0.0543 e. The zero-order chi connectivity index (χ0) is 15.8. The third-order valence-corrected chi connectivity index (χ3v) is 5.59. The van der Waals surface area contributed by atoms with Crippen LogP contribution in [-0.2, 0) is 6.54 Å². The molecule has 0 amide bonds. The lowest BCUT2D eigenvalue weighted by molar-refractivity contribution is 0.223. The SMILES string of the molecule is Cc1ccccc1[C@@H]1[C@@H]2CN(Cc3ccccn3)C[C@@H]2CN1C. The number of benzene rings is 1. The molecule has 0 bridgehead atoms. The fourth-order valence-electron chi connectivity index (χ4n) is 4.59. The lowest BCUT2D eigenvalue weighted by Crippen LogP contribution is -2.29. The third-order valence-electron chi connectivity index (χ3n) is 5.59. The van der Waals surface area contributed by atoms with Crippen molar-refractivity contribution in [1.82, 2.24) is 14.8 Å². The van der Waals surface area contributed by atoms with Gasteiger partial charge in [0.15, 0.2) is 0 Å². The van der Waals surface area contributed by atoms with Gasteiger partial charge in [-0.3, -0.25) is 14.8 Å². The van der Waals surface area contributed by atoms with E-state index >= 15 is 0 Å². The summed E-state index contributed by atoms with van der Waals surface area (Å²) in [6.07, 6.45) is 1.90. The second-order valence-corrected chi connectivity index (χ2v) is 7.18. The van der Waals surface area contributed by atoms with Gasteiger partial charge in [0.25, 0.3) is 0 Å². The highest BCUT2D eigenvalue weighted by molar-refractivity contribution is 5.31. The van der Waals surface area contributed by atoms with E-state index in [0.29, 0.717) is 6.04 Å². The van der Waals surface area contributed by atoms with Crippen molar-refractivity contribution in [1.29, 1.82) is 0 Å². The summed E-state index contributed by atoms with van der Waals surface area (Å²) in [5, 5.41) is 0. The van der Waals surface area contributed by atoms with Crippen LogP contribution in [0.5, 0.6) is 0 Å². The van der Waals surface area contributed by atoms with E-state index in [9.17, 15) is 0 Å². The van der Waals surface area contributed by atoms with E-state index < -0.39 is 0 Å². The summed E-state index contributed by atoms with van der Waals surface area (Å²) in [6.45, 7) is 6.83. The molecule has 3 atom stereocenters. The number of nitrogens with zero attached hydrogens (tertiary/aromatic N) is 3. The summed E-state index contributed by atoms with van der Waals surface area (Å²) in [5.41, 5.74) is 4.13. The molecule has 0 saturated carbocycles. The van der Waals surface area contributed by atoms with Crippen LogP contribution in [0.25, 0.3) is 0 Å². The van der Waals surface area contributed by atoms with Crippen LogP contribution in [-0.4, -0.2) is 41.5 Å². The normalized spacial score (nSPS) is 28.2. The number of fused-ring (bicyclic) bond motifs is 1. The van der Waals surface area contributed by atoms with E-state index in [2.05, 4.69) is 65.2 Å². The fourth-order valence-corrected chi connectivity index (χ4v) is 4.59. The number of aromatic nitrogens is 1. The summed E-state index contributed by atoms with van der Waals surface area (Å²) in [6, 6.07) is 15.7. The Hall–Kier alpha value is -1.71. The predicted molar refractivity (Wildman–Crippen MR) is 93.0 cm³/mol. The summed E-state index contributed by atoms with van der Waals surface area (Å²) < 4.78 is 0. The van der Waals surface area contributed by atoms with Gasteiger partial charge in [0, 0.05) is 38.4 Å². The molecule has 1 aromatic carbocycles. The molecule has 0 unspecified atom stereocenters. The Labute approximate surface area is 139 Å². The van der Waals surface area contributed by atoms with Crippen molar-refractivity contribution in [3.05, 3.63) is 65.5 Å². The van der Waals surface area contributed by atoms with E-state index in [1.54, 1.807) is 0 Å². The topological polar surface area (TPSA) is 19.4 Å². The van der Waals surface area contributed by atoms with E-state index in [1.165, 1.54) is 36.5 Å². The Bertz CT molecular complexity index is 670. The van der Waals surface area contributed by atoms with Gasteiger partial charge >= 0.3 is 0 Å². The number of hydrogen-bond donors (Lipinski definition) is 0. The highest BCUT2D eigenvalue weighted by Crippen LogP contribution is 2.44. The molecule has 0 N–H and O–H groups in total. The molecule has 120 valence electrons. The zero-order valence-corrected chi connectivity index (χ0v) is 14.0. The van der Waals surface area contributed by atoms with Crippen LogP contribution in [0, 0.1) is 18.8 Å². The first kappa shape index (κ1) is 14.9. The lowest BCUT2D eigenvalue weighted by atomic mass is 9.88. The number of pyridine rings is 1. The molecule has 2 aromatic rings. The van der Waals surface area contributed by atoms with E-state index in [1.807, 2.05) is 12.3 Å². The maximum absolute atomic E-state index is 4.49. The largest absolute Gasteiger partial charge is 0.299 e. The van der Waals surface area contributed by atoms with Crippen LogP contribution < -0.4 is 0 Å². The minimum Gasteiger partial charge on any atom is -0.299 e. The van der Waals surface area contributed by atoms with E-state index in [-0.39, 0.29) is 0 Å². The van der Waals surface area contributed by atoms with Crippen LogP contribution in [0.3, 0.4) is 0 Å². The molecule has 2 aliphatic rings. The van der Waals surface area contributed by atoms with Crippen LogP contribution in [0.1, 0.15) is 22.9 Å². The summed E-state index contributed by atoms with van der Waals surface area (Å²) in [5.74, 6) is 1.53. The number of aryl methyl sites for hydroxylation is 1. The molecular weight excluding hydrogens is 282 g/mol. The smallest absolute Gasteiger partial charge is 0.0543 e. The highest BCUT2D eigenvalue weighted by Gasteiger charge is 2.46. The average molecular weight is 307 g/mol. The maximum atomic E-state index is 4.49.